The van der Waals surface area contributed by atoms with Gasteiger partial charge in [-0.15, -0.1) is 0 Å². The Morgan fingerprint density at radius 2 is 1.85 bits per heavy atom. The first-order valence-corrected chi connectivity index (χ1v) is 8.56. The highest BCUT2D eigenvalue weighted by Gasteiger charge is 2.17. The predicted octanol–water partition coefficient (Wildman–Crippen LogP) is 1.98. The number of hydrogen-bond donors (Lipinski definition) is 2. The molecule has 0 atom stereocenters. The van der Waals surface area contributed by atoms with E-state index in [1.54, 1.807) is 30.3 Å². The second kappa shape index (κ2) is 6.95. The number of hydrogen-bond acceptors (Lipinski definition) is 5. The van der Waals surface area contributed by atoms with Crippen molar-refractivity contribution in [2.75, 3.05) is 29.9 Å². The summed E-state index contributed by atoms with van der Waals surface area (Å²) in [7, 11) is 0. The number of carbonyl (C=O) groups is 2. The molecule has 0 spiro atoms. The number of piperazine rings is 1. The normalized spacial score (nSPS) is 14.1. The van der Waals surface area contributed by atoms with Crippen molar-refractivity contribution in [3.05, 3.63) is 70.6 Å². The maximum atomic E-state index is 12.5. The summed E-state index contributed by atoms with van der Waals surface area (Å²) in [4.78, 5) is 38.0. The van der Waals surface area contributed by atoms with Gasteiger partial charge in [0.1, 0.15) is 11.1 Å². The SMILES string of the molecule is O=C1CN(c2ccc(NC(=O)c3cc4ccccc4oc3=O)cc2)CCN1. The minimum Gasteiger partial charge on any atom is -0.422 e. The highest BCUT2D eigenvalue weighted by Crippen LogP contribution is 2.19. The molecule has 1 fully saturated rings. The standard InChI is InChI=1S/C20H17N3O4/c24-18-12-23(10-9-21-18)15-7-5-14(6-8-15)22-19(25)16-11-13-3-1-2-4-17(13)27-20(16)26/h1-8,11H,9-10,12H2,(H,21,24)(H,22,25). The van der Waals surface area contributed by atoms with Gasteiger partial charge in [0.05, 0.1) is 6.54 Å². The van der Waals surface area contributed by atoms with E-state index in [4.69, 9.17) is 4.42 Å². The molecular weight excluding hydrogens is 346 g/mol. The molecule has 2 amide bonds. The van der Waals surface area contributed by atoms with Crippen molar-refractivity contribution in [2.45, 2.75) is 0 Å². The van der Waals surface area contributed by atoms with E-state index in [1.807, 2.05) is 23.1 Å². The molecule has 0 bridgehead atoms. The molecule has 2 N–H and O–H groups in total. The van der Waals surface area contributed by atoms with E-state index in [1.165, 1.54) is 6.07 Å². The molecule has 7 heteroatoms. The Morgan fingerprint density at radius 3 is 2.63 bits per heavy atom. The summed E-state index contributed by atoms with van der Waals surface area (Å²) in [5.41, 5.74) is 1.16. The predicted molar refractivity (Wildman–Crippen MR) is 102 cm³/mol. The van der Waals surface area contributed by atoms with Gasteiger partial charge in [-0.1, -0.05) is 18.2 Å². The summed E-state index contributed by atoms with van der Waals surface area (Å²) in [6.45, 7) is 1.65. The highest BCUT2D eigenvalue weighted by atomic mass is 16.4. The van der Waals surface area contributed by atoms with Crippen molar-refractivity contribution < 1.29 is 14.0 Å². The molecule has 0 radical (unpaired) electrons. The molecule has 7 nitrogen and oxygen atoms in total. The zero-order chi connectivity index (χ0) is 18.8. The van der Waals surface area contributed by atoms with Gasteiger partial charge < -0.3 is 20.0 Å². The van der Waals surface area contributed by atoms with Gasteiger partial charge in [-0.2, -0.15) is 0 Å². The lowest BCUT2D eigenvalue weighted by atomic mass is 10.1. The van der Waals surface area contributed by atoms with Crippen molar-refractivity contribution in [1.29, 1.82) is 0 Å². The largest absolute Gasteiger partial charge is 0.422 e. The average Bonchev–Trinajstić information content (AvgIpc) is 2.68. The van der Waals surface area contributed by atoms with Gasteiger partial charge in [0, 0.05) is 29.9 Å². The number of fused-ring (bicyclic) bond motifs is 1. The zero-order valence-electron chi connectivity index (χ0n) is 14.4. The van der Waals surface area contributed by atoms with Gasteiger partial charge in [-0.25, -0.2) is 4.79 Å². The van der Waals surface area contributed by atoms with Crippen LogP contribution in [0.25, 0.3) is 11.0 Å². The van der Waals surface area contributed by atoms with Crippen LogP contribution in [0.1, 0.15) is 10.4 Å². The van der Waals surface area contributed by atoms with Crippen LogP contribution < -0.4 is 21.2 Å². The lowest BCUT2D eigenvalue weighted by Crippen LogP contribution is -2.47. The van der Waals surface area contributed by atoms with Crippen LogP contribution in [-0.4, -0.2) is 31.4 Å². The van der Waals surface area contributed by atoms with Crippen LogP contribution in [0.3, 0.4) is 0 Å². The van der Waals surface area contributed by atoms with Gasteiger partial charge in [-0.05, 0) is 36.4 Å². The third-order valence-corrected chi connectivity index (χ3v) is 4.41. The van der Waals surface area contributed by atoms with E-state index in [9.17, 15) is 14.4 Å². The Kier molecular flexibility index (Phi) is 4.33. The molecule has 2 aromatic carbocycles. The van der Waals surface area contributed by atoms with Gasteiger partial charge in [0.25, 0.3) is 5.91 Å². The summed E-state index contributed by atoms with van der Waals surface area (Å²) in [5, 5.41) is 6.17. The zero-order valence-corrected chi connectivity index (χ0v) is 14.4. The summed E-state index contributed by atoms with van der Waals surface area (Å²) >= 11 is 0. The fourth-order valence-corrected chi connectivity index (χ4v) is 3.03. The minimum atomic E-state index is -0.679. The van der Waals surface area contributed by atoms with Crippen molar-refractivity contribution in [3.63, 3.8) is 0 Å². The second-order valence-corrected chi connectivity index (χ2v) is 6.26. The monoisotopic (exact) mass is 363 g/mol. The molecule has 4 rings (SSSR count). The van der Waals surface area contributed by atoms with E-state index in [0.29, 0.717) is 29.7 Å². The lowest BCUT2D eigenvalue weighted by molar-refractivity contribution is -0.120. The van der Waals surface area contributed by atoms with Crippen LogP contribution in [0.4, 0.5) is 11.4 Å². The van der Waals surface area contributed by atoms with E-state index >= 15 is 0 Å². The number of carbonyl (C=O) groups excluding carboxylic acids is 2. The van der Waals surface area contributed by atoms with Crippen LogP contribution in [0, 0.1) is 0 Å². The first kappa shape index (κ1) is 16.8. The Balaban J connectivity index is 1.52. The van der Waals surface area contributed by atoms with Crippen molar-refractivity contribution in [2.24, 2.45) is 0 Å². The third-order valence-electron chi connectivity index (χ3n) is 4.41. The minimum absolute atomic E-state index is 0.0124. The summed E-state index contributed by atoms with van der Waals surface area (Å²) < 4.78 is 5.20. The number of rotatable bonds is 3. The van der Waals surface area contributed by atoms with Crippen LogP contribution in [0.2, 0.25) is 0 Å². The number of nitrogens with one attached hydrogen (secondary N) is 2. The molecule has 1 saturated heterocycles. The summed E-state index contributed by atoms with van der Waals surface area (Å²) in [6, 6.07) is 15.7. The highest BCUT2D eigenvalue weighted by molar-refractivity contribution is 6.05. The molecule has 0 aliphatic carbocycles. The molecule has 1 aliphatic heterocycles. The van der Waals surface area contributed by atoms with Crippen LogP contribution in [0.15, 0.2) is 63.8 Å². The van der Waals surface area contributed by atoms with E-state index in [-0.39, 0.29) is 11.5 Å². The number of benzene rings is 2. The van der Waals surface area contributed by atoms with Crippen molar-refractivity contribution >= 4 is 34.2 Å². The molecular formula is C20H17N3O4. The summed E-state index contributed by atoms with van der Waals surface area (Å²) in [5.74, 6) is -0.540. The molecule has 27 heavy (non-hydrogen) atoms. The fourth-order valence-electron chi connectivity index (χ4n) is 3.03. The van der Waals surface area contributed by atoms with Gasteiger partial charge in [-0.3, -0.25) is 9.59 Å². The van der Waals surface area contributed by atoms with Crippen molar-refractivity contribution in [1.82, 2.24) is 5.32 Å². The topological polar surface area (TPSA) is 91.7 Å². The Labute approximate surface area is 154 Å². The van der Waals surface area contributed by atoms with Crippen LogP contribution >= 0.6 is 0 Å². The van der Waals surface area contributed by atoms with Gasteiger partial charge in [0.2, 0.25) is 5.91 Å². The number of para-hydroxylation sites is 1. The molecule has 2 heterocycles. The number of anilines is 2. The maximum Gasteiger partial charge on any atom is 0.349 e. The second-order valence-electron chi connectivity index (χ2n) is 6.26. The van der Waals surface area contributed by atoms with Gasteiger partial charge >= 0.3 is 5.63 Å². The quantitative estimate of drug-likeness (QED) is 0.695. The van der Waals surface area contributed by atoms with Crippen LogP contribution in [0.5, 0.6) is 0 Å². The maximum absolute atomic E-state index is 12.5. The fraction of sp³-hybridized carbons (Fsp3) is 0.150. The molecule has 1 aromatic heterocycles. The Hall–Kier alpha value is -3.61. The third kappa shape index (κ3) is 3.52. The van der Waals surface area contributed by atoms with E-state index in [0.717, 1.165) is 12.2 Å². The average molecular weight is 363 g/mol. The number of nitrogens with zero attached hydrogens (tertiary/aromatic N) is 1. The summed E-state index contributed by atoms with van der Waals surface area (Å²) in [6.07, 6.45) is 0. The van der Waals surface area contributed by atoms with E-state index in [2.05, 4.69) is 10.6 Å². The molecule has 0 saturated carbocycles. The molecule has 0 unspecified atom stereocenters. The molecule has 3 aromatic rings. The first-order chi connectivity index (χ1) is 13.1. The first-order valence-electron chi connectivity index (χ1n) is 8.56. The smallest absolute Gasteiger partial charge is 0.349 e. The lowest BCUT2D eigenvalue weighted by Gasteiger charge is -2.28. The Morgan fingerprint density at radius 1 is 1.07 bits per heavy atom. The molecule has 136 valence electrons. The number of amides is 2. The van der Waals surface area contributed by atoms with Crippen LogP contribution in [-0.2, 0) is 4.79 Å². The molecule has 1 aliphatic rings. The van der Waals surface area contributed by atoms with E-state index < -0.39 is 11.5 Å². The Bertz CT molecular complexity index is 1070. The van der Waals surface area contributed by atoms with Gasteiger partial charge in [0.15, 0.2) is 0 Å². The van der Waals surface area contributed by atoms with Crippen molar-refractivity contribution in [3.8, 4) is 0 Å².